The Morgan fingerprint density at radius 3 is 2.43 bits per heavy atom. The lowest BCUT2D eigenvalue weighted by molar-refractivity contribution is 0.0120. The summed E-state index contributed by atoms with van der Waals surface area (Å²) in [7, 11) is 0. The maximum atomic E-state index is 13.2. The zero-order valence-corrected chi connectivity index (χ0v) is 11.9. The molecule has 0 atom stereocenters. The van der Waals surface area contributed by atoms with Gasteiger partial charge in [0.25, 0.3) is 11.8 Å². The normalized spacial score (nSPS) is 22.5. The molecule has 0 aliphatic carbocycles. The van der Waals surface area contributed by atoms with Gasteiger partial charge in [-0.15, -0.1) is 0 Å². The second-order valence-corrected chi connectivity index (χ2v) is 5.98. The summed E-state index contributed by atoms with van der Waals surface area (Å²) in [6.45, 7) is 1.73. The first-order chi connectivity index (χ1) is 10.1. The standard InChI is InChI=1S/C16H20F2N2O/c17-16(18)7-10-20(11-16)15(21)14-3-1-12(2-4-14)13-5-8-19-9-6-13/h1-4,13,19H,5-11H2. The van der Waals surface area contributed by atoms with Crippen molar-refractivity contribution in [2.75, 3.05) is 26.2 Å². The molecule has 2 aliphatic heterocycles. The number of carbonyl (C=O) groups is 1. The molecule has 0 radical (unpaired) electrons. The number of piperidine rings is 1. The number of halogens is 2. The van der Waals surface area contributed by atoms with E-state index in [1.165, 1.54) is 10.5 Å². The Hall–Kier alpha value is -1.49. The number of benzene rings is 1. The molecular formula is C16H20F2N2O. The van der Waals surface area contributed by atoms with Crippen LogP contribution in [0.5, 0.6) is 0 Å². The van der Waals surface area contributed by atoms with Crippen molar-refractivity contribution in [2.45, 2.75) is 31.1 Å². The fraction of sp³-hybridized carbons (Fsp3) is 0.562. The van der Waals surface area contributed by atoms with Gasteiger partial charge in [-0.25, -0.2) is 8.78 Å². The van der Waals surface area contributed by atoms with Crippen LogP contribution in [0.3, 0.4) is 0 Å². The summed E-state index contributed by atoms with van der Waals surface area (Å²) in [6, 6.07) is 7.49. The number of hydrogen-bond acceptors (Lipinski definition) is 2. The number of nitrogens with one attached hydrogen (secondary N) is 1. The molecule has 1 aromatic carbocycles. The zero-order chi connectivity index (χ0) is 14.9. The average molecular weight is 294 g/mol. The van der Waals surface area contributed by atoms with Crippen molar-refractivity contribution < 1.29 is 13.6 Å². The predicted molar refractivity (Wildman–Crippen MR) is 76.8 cm³/mol. The summed E-state index contributed by atoms with van der Waals surface area (Å²) in [6.07, 6.45) is 1.98. The Labute approximate surface area is 123 Å². The van der Waals surface area contributed by atoms with Crippen molar-refractivity contribution in [1.29, 1.82) is 0 Å². The van der Waals surface area contributed by atoms with Gasteiger partial charge in [-0.1, -0.05) is 12.1 Å². The molecule has 114 valence electrons. The third kappa shape index (κ3) is 3.23. The monoisotopic (exact) mass is 294 g/mol. The van der Waals surface area contributed by atoms with Crippen LogP contribution < -0.4 is 5.32 Å². The molecule has 3 rings (SSSR count). The molecule has 1 amide bonds. The van der Waals surface area contributed by atoms with Crippen LogP contribution in [0, 0.1) is 0 Å². The molecule has 2 saturated heterocycles. The lowest BCUT2D eigenvalue weighted by atomic mass is 9.90. The highest BCUT2D eigenvalue weighted by Crippen LogP contribution is 2.29. The number of likely N-dealkylation sites (tertiary alicyclic amines) is 1. The summed E-state index contributed by atoms with van der Waals surface area (Å²) < 4.78 is 26.4. The summed E-state index contributed by atoms with van der Waals surface area (Å²) in [4.78, 5) is 13.5. The molecule has 0 unspecified atom stereocenters. The minimum Gasteiger partial charge on any atom is -0.332 e. The van der Waals surface area contributed by atoms with Crippen LogP contribution in [0.25, 0.3) is 0 Å². The molecule has 3 nitrogen and oxygen atoms in total. The quantitative estimate of drug-likeness (QED) is 0.909. The highest BCUT2D eigenvalue weighted by Gasteiger charge is 2.40. The van der Waals surface area contributed by atoms with E-state index in [2.05, 4.69) is 5.32 Å². The van der Waals surface area contributed by atoms with Gasteiger partial charge in [0, 0.05) is 18.5 Å². The second-order valence-electron chi connectivity index (χ2n) is 5.98. The van der Waals surface area contributed by atoms with Crippen molar-refractivity contribution in [2.24, 2.45) is 0 Å². The second kappa shape index (κ2) is 5.72. The number of amides is 1. The summed E-state index contributed by atoms with van der Waals surface area (Å²) in [5.41, 5.74) is 1.74. The number of rotatable bonds is 2. The van der Waals surface area contributed by atoms with E-state index in [1.54, 1.807) is 12.1 Å². The van der Waals surface area contributed by atoms with E-state index < -0.39 is 12.5 Å². The van der Waals surface area contributed by atoms with Crippen LogP contribution in [-0.2, 0) is 0 Å². The van der Waals surface area contributed by atoms with Gasteiger partial charge in [0.05, 0.1) is 6.54 Å². The van der Waals surface area contributed by atoms with E-state index in [9.17, 15) is 13.6 Å². The number of alkyl halides is 2. The van der Waals surface area contributed by atoms with Crippen LogP contribution in [0.4, 0.5) is 8.78 Å². The minimum atomic E-state index is -2.73. The summed E-state index contributed by atoms with van der Waals surface area (Å²) in [5.74, 6) is -2.49. The molecule has 0 aromatic heterocycles. The first-order valence-corrected chi connectivity index (χ1v) is 7.53. The molecule has 2 fully saturated rings. The molecule has 0 spiro atoms. The van der Waals surface area contributed by atoms with Gasteiger partial charge in [0.2, 0.25) is 0 Å². The maximum absolute atomic E-state index is 13.2. The Balaban J connectivity index is 1.67. The van der Waals surface area contributed by atoms with Crippen LogP contribution >= 0.6 is 0 Å². The Bertz CT molecular complexity index is 510. The molecule has 5 heteroatoms. The van der Waals surface area contributed by atoms with E-state index >= 15 is 0 Å². The van der Waals surface area contributed by atoms with Gasteiger partial charge in [-0.05, 0) is 49.5 Å². The fourth-order valence-corrected chi connectivity index (χ4v) is 3.14. The van der Waals surface area contributed by atoms with Gasteiger partial charge in [0.15, 0.2) is 0 Å². The van der Waals surface area contributed by atoms with Gasteiger partial charge < -0.3 is 10.2 Å². The average Bonchev–Trinajstić information content (AvgIpc) is 2.88. The molecule has 2 heterocycles. The van der Waals surface area contributed by atoms with Gasteiger partial charge in [-0.2, -0.15) is 0 Å². The number of carbonyl (C=O) groups excluding carboxylic acids is 1. The first kappa shape index (κ1) is 14.4. The number of nitrogens with zero attached hydrogens (tertiary/aromatic N) is 1. The summed E-state index contributed by atoms with van der Waals surface area (Å²) >= 11 is 0. The van der Waals surface area contributed by atoms with Crippen molar-refractivity contribution in [1.82, 2.24) is 10.2 Å². The lowest BCUT2D eigenvalue weighted by Gasteiger charge is -2.23. The number of hydrogen-bond donors (Lipinski definition) is 1. The largest absolute Gasteiger partial charge is 0.332 e. The van der Waals surface area contributed by atoms with Crippen molar-refractivity contribution in [3.8, 4) is 0 Å². The summed E-state index contributed by atoms with van der Waals surface area (Å²) in [5, 5.41) is 3.33. The zero-order valence-electron chi connectivity index (χ0n) is 11.9. The first-order valence-electron chi connectivity index (χ1n) is 7.53. The third-order valence-electron chi connectivity index (χ3n) is 4.43. The van der Waals surface area contributed by atoms with E-state index in [4.69, 9.17) is 0 Å². The third-order valence-corrected chi connectivity index (χ3v) is 4.43. The van der Waals surface area contributed by atoms with E-state index in [0.717, 1.165) is 25.9 Å². The molecule has 21 heavy (non-hydrogen) atoms. The Kier molecular flexibility index (Phi) is 3.93. The highest BCUT2D eigenvalue weighted by atomic mass is 19.3. The molecular weight excluding hydrogens is 274 g/mol. The van der Waals surface area contributed by atoms with E-state index in [0.29, 0.717) is 11.5 Å². The van der Waals surface area contributed by atoms with Crippen molar-refractivity contribution in [3.63, 3.8) is 0 Å². The topological polar surface area (TPSA) is 32.3 Å². The van der Waals surface area contributed by atoms with E-state index in [1.807, 2.05) is 12.1 Å². The molecule has 0 saturated carbocycles. The van der Waals surface area contributed by atoms with Gasteiger partial charge >= 0.3 is 0 Å². The maximum Gasteiger partial charge on any atom is 0.267 e. The molecule has 2 aliphatic rings. The molecule has 0 bridgehead atoms. The molecule has 1 aromatic rings. The van der Waals surface area contributed by atoms with Gasteiger partial charge in [0.1, 0.15) is 0 Å². The lowest BCUT2D eigenvalue weighted by Crippen LogP contribution is -2.31. The predicted octanol–water partition coefficient (Wildman–Crippen LogP) is 2.63. The fourth-order valence-electron chi connectivity index (χ4n) is 3.14. The van der Waals surface area contributed by atoms with Crippen LogP contribution in [0.15, 0.2) is 24.3 Å². The van der Waals surface area contributed by atoms with Crippen molar-refractivity contribution >= 4 is 5.91 Å². The minimum absolute atomic E-state index is 0.141. The van der Waals surface area contributed by atoms with E-state index in [-0.39, 0.29) is 18.9 Å². The smallest absolute Gasteiger partial charge is 0.267 e. The van der Waals surface area contributed by atoms with Crippen LogP contribution in [0.1, 0.15) is 41.1 Å². The van der Waals surface area contributed by atoms with Crippen LogP contribution in [-0.4, -0.2) is 42.9 Å². The highest BCUT2D eigenvalue weighted by molar-refractivity contribution is 5.94. The SMILES string of the molecule is O=C(c1ccc(C2CCNCC2)cc1)N1CCC(F)(F)C1. The van der Waals surface area contributed by atoms with Crippen LogP contribution in [0.2, 0.25) is 0 Å². The Morgan fingerprint density at radius 2 is 1.86 bits per heavy atom. The van der Waals surface area contributed by atoms with Crippen molar-refractivity contribution in [3.05, 3.63) is 35.4 Å². The Morgan fingerprint density at radius 1 is 1.19 bits per heavy atom. The molecule has 1 N–H and O–H groups in total. The van der Waals surface area contributed by atoms with Gasteiger partial charge in [-0.3, -0.25) is 4.79 Å².